The maximum absolute atomic E-state index is 4.70. The van der Waals surface area contributed by atoms with E-state index in [1.807, 2.05) is 13.1 Å². The smallest absolute Gasteiger partial charge is 0.188 e. The zero-order valence-electron chi connectivity index (χ0n) is 17.1. The van der Waals surface area contributed by atoms with Crippen LogP contribution in [0.5, 0.6) is 0 Å². The zero-order valence-corrected chi connectivity index (χ0v) is 17.9. The molecule has 0 radical (unpaired) electrons. The van der Waals surface area contributed by atoms with Gasteiger partial charge in [0.1, 0.15) is 11.6 Å². The van der Waals surface area contributed by atoms with Crippen molar-refractivity contribution in [3.8, 4) is 0 Å². The van der Waals surface area contributed by atoms with Crippen LogP contribution in [0.2, 0.25) is 0 Å². The van der Waals surface area contributed by atoms with Gasteiger partial charge in [-0.2, -0.15) is 0 Å². The van der Waals surface area contributed by atoms with E-state index in [-0.39, 0.29) is 0 Å². The predicted octanol–water partition coefficient (Wildman–Crippen LogP) is 3.55. The molecule has 2 fully saturated rings. The second-order valence-electron chi connectivity index (χ2n) is 8.33. The van der Waals surface area contributed by atoms with E-state index in [0.29, 0.717) is 0 Å². The van der Waals surface area contributed by atoms with Gasteiger partial charge in [0, 0.05) is 29.4 Å². The Balaban J connectivity index is 1.29. The first kappa shape index (κ1) is 19.7. The maximum Gasteiger partial charge on any atom is 0.188 e. The number of thiazole rings is 1. The predicted molar refractivity (Wildman–Crippen MR) is 115 cm³/mol. The van der Waals surface area contributed by atoms with Gasteiger partial charge in [-0.05, 0) is 84.0 Å². The lowest BCUT2D eigenvalue weighted by atomic mass is 9.90. The number of likely N-dealkylation sites (tertiary alicyclic amines) is 1. The van der Waals surface area contributed by atoms with Gasteiger partial charge in [-0.1, -0.05) is 0 Å². The lowest BCUT2D eigenvalue weighted by Crippen LogP contribution is -2.40. The standard InChI is InChI=1S/C21H32N6S/c1-15-13-23-21(28-15)26-20-12-19(24-16(2)25-20)11-17-5-9-27(10-6-17)14-18-3-7-22-8-4-18/h12-13,17-18,22H,3-11,14H2,1-2H3,(H,23,24,25,26). The van der Waals surface area contributed by atoms with Crippen LogP contribution < -0.4 is 10.6 Å². The highest BCUT2D eigenvalue weighted by Crippen LogP contribution is 2.25. The van der Waals surface area contributed by atoms with Gasteiger partial charge < -0.3 is 15.5 Å². The molecule has 0 unspecified atom stereocenters. The van der Waals surface area contributed by atoms with Crippen molar-refractivity contribution >= 4 is 22.3 Å². The van der Waals surface area contributed by atoms with Crippen molar-refractivity contribution in [1.29, 1.82) is 0 Å². The van der Waals surface area contributed by atoms with Gasteiger partial charge in [-0.25, -0.2) is 15.0 Å². The molecule has 6 nitrogen and oxygen atoms in total. The van der Waals surface area contributed by atoms with E-state index in [0.717, 1.165) is 40.7 Å². The molecule has 4 heterocycles. The Morgan fingerprint density at radius 1 is 1.11 bits per heavy atom. The van der Waals surface area contributed by atoms with Gasteiger partial charge in [0.2, 0.25) is 0 Å². The van der Waals surface area contributed by atoms with E-state index in [1.54, 1.807) is 11.3 Å². The van der Waals surface area contributed by atoms with Crippen LogP contribution >= 0.6 is 11.3 Å². The topological polar surface area (TPSA) is 66.0 Å². The van der Waals surface area contributed by atoms with Crippen molar-refractivity contribution < 1.29 is 0 Å². The fraction of sp³-hybridized carbons (Fsp3) is 0.667. The summed E-state index contributed by atoms with van der Waals surface area (Å²) in [5.41, 5.74) is 1.15. The molecule has 0 aliphatic carbocycles. The summed E-state index contributed by atoms with van der Waals surface area (Å²) in [7, 11) is 0. The largest absolute Gasteiger partial charge is 0.317 e. The molecular weight excluding hydrogens is 368 g/mol. The monoisotopic (exact) mass is 400 g/mol. The minimum Gasteiger partial charge on any atom is -0.317 e. The zero-order chi connectivity index (χ0) is 19.3. The van der Waals surface area contributed by atoms with Crippen LogP contribution in [0.3, 0.4) is 0 Å². The highest BCUT2D eigenvalue weighted by Gasteiger charge is 2.23. The number of aromatic nitrogens is 3. The van der Waals surface area contributed by atoms with Gasteiger partial charge in [0.05, 0.1) is 0 Å². The molecule has 2 N–H and O–H groups in total. The van der Waals surface area contributed by atoms with Crippen molar-refractivity contribution in [3.05, 3.63) is 28.7 Å². The van der Waals surface area contributed by atoms with Crippen LogP contribution in [0.4, 0.5) is 10.9 Å². The summed E-state index contributed by atoms with van der Waals surface area (Å²) < 4.78 is 0. The van der Waals surface area contributed by atoms with Gasteiger partial charge in [-0.3, -0.25) is 0 Å². The molecule has 0 amide bonds. The summed E-state index contributed by atoms with van der Waals surface area (Å²) in [6.45, 7) is 10.2. The van der Waals surface area contributed by atoms with Gasteiger partial charge in [0.15, 0.2) is 5.13 Å². The summed E-state index contributed by atoms with van der Waals surface area (Å²) in [6, 6.07) is 2.10. The van der Waals surface area contributed by atoms with Crippen molar-refractivity contribution in [3.63, 3.8) is 0 Å². The number of hydrogen-bond donors (Lipinski definition) is 2. The normalized spacial score (nSPS) is 19.8. The molecule has 152 valence electrons. The minimum absolute atomic E-state index is 0.730. The first-order valence-corrected chi connectivity index (χ1v) is 11.4. The second kappa shape index (κ2) is 9.29. The molecule has 2 aliphatic heterocycles. The molecule has 0 spiro atoms. The average molecular weight is 401 g/mol. The number of nitrogens with zero attached hydrogens (tertiary/aromatic N) is 4. The number of anilines is 2. The third-order valence-corrected chi connectivity index (χ3v) is 6.76. The van der Waals surface area contributed by atoms with Gasteiger partial charge >= 0.3 is 0 Å². The number of aryl methyl sites for hydroxylation is 2. The molecule has 0 atom stereocenters. The number of nitrogens with one attached hydrogen (secondary N) is 2. The van der Waals surface area contributed by atoms with E-state index in [1.165, 1.54) is 63.3 Å². The first-order valence-electron chi connectivity index (χ1n) is 10.6. The first-order chi connectivity index (χ1) is 13.6. The summed E-state index contributed by atoms with van der Waals surface area (Å²) >= 11 is 1.65. The van der Waals surface area contributed by atoms with E-state index < -0.39 is 0 Å². The lowest BCUT2D eigenvalue weighted by molar-refractivity contribution is 0.148. The number of hydrogen-bond acceptors (Lipinski definition) is 7. The maximum atomic E-state index is 4.70. The highest BCUT2D eigenvalue weighted by atomic mass is 32.1. The summed E-state index contributed by atoms with van der Waals surface area (Å²) in [5, 5.41) is 7.71. The van der Waals surface area contributed by atoms with Crippen LogP contribution in [-0.2, 0) is 6.42 Å². The second-order valence-corrected chi connectivity index (χ2v) is 9.57. The van der Waals surface area contributed by atoms with Gasteiger partial charge in [0.25, 0.3) is 0 Å². The Morgan fingerprint density at radius 2 is 1.89 bits per heavy atom. The summed E-state index contributed by atoms with van der Waals surface area (Å²) in [6.07, 6.45) is 8.18. The van der Waals surface area contributed by atoms with Crippen molar-refractivity contribution in [2.24, 2.45) is 11.8 Å². The van der Waals surface area contributed by atoms with Gasteiger partial charge in [-0.15, -0.1) is 11.3 Å². The Morgan fingerprint density at radius 3 is 2.61 bits per heavy atom. The lowest BCUT2D eigenvalue weighted by Gasteiger charge is -2.35. The molecule has 28 heavy (non-hydrogen) atoms. The Bertz CT molecular complexity index is 762. The van der Waals surface area contributed by atoms with E-state index >= 15 is 0 Å². The average Bonchev–Trinajstić information content (AvgIpc) is 3.08. The molecule has 4 rings (SSSR count). The summed E-state index contributed by atoms with van der Waals surface area (Å²) in [4.78, 5) is 17.5. The van der Waals surface area contributed by atoms with Crippen LogP contribution in [0.25, 0.3) is 0 Å². The number of rotatable bonds is 6. The summed E-state index contributed by atoms with van der Waals surface area (Å²) in [5.74, 6) is 3.32. The van der Waals surface area contributed by atoms with Crippen LogP contribution in [0.15, 0.2) is 12.3 Å². The molecule has 2 saturated heterocycles. The third-order valence-electron chi connectivity index (χ3n) is 5.93. The molecular formula is C21H32N6S. The van der Waals surface area contributed by atoms with E-state index in [9.17, 15) is 0 Å². The molecule has 2 aromatic heterocycles. The van der Waals surface area contributed by atoms with E-state index in [4.69, 9.17) is 4.98 Å². The van der Waals surface area contributed by atoms with Crippen molar-refractivity contribution in [2.75, 3.05) is 38.0 Å². The quantitative estimate of drug-likeness (QED) is 0.773. The minimum atomic E-state index is 0.730. The molecule has 0 saturated carbocycles. The van der Waals surface area contributed by atoms with Crippen LogP contribution in [0.1, 0.15) is 42.1 Å². The Kier molecular flexibility index (Phi) is 6.54. The molecule has 0 aromatic carbocycles. The van der Waals surface area contributed by atoms with Crippen LogP contribution in [0, 0.1) is 25.7 Å². The third kappa shape index (κ3) is 5.49. The highest BCUT2D eigenvalue weighted by molar-refractivity contribution is 7.15. The molecule has 7 heteroatoms. The SMILES string of the molecule is Cc1nc(CC2CCN(CC3CCNCC3)CC2)cc(Nc2ncc(C)s2)n1. The van der Waals surface area contributed by atoms with E-state index in [2.05, 4.69) is 38.5 Å². The molecule has 2 aromatic rings. The Labute approximate surface area is 172 Å². The van der Waals surface area contributed by atoms with Crippen LogP contribution in [-0.4, -0.2) is 52.6 Å². The van der Waals surface area contributed by atoms with Crippen molar-refractivity contribution in [2.45, 2.75) is 46.0 Å². The number of piperidine rings is 2. The molecule has 2 aliphatic rings. The van der Waals surface area contributed by atoms with Crippen molar-refractivity contribution in [1.82, 2.24) is 25.2 Å². The fourth-order valence-electron chi connectivity index (χ4n) is 4.42. The Hall–Kier alpha value is -1.57. The fourth-order valence-corrected chi connectivity index (χ4v) is 5.09. The molecule has 0 bridgehead atoms.